The Morgan fingerprint density at radius 1 is 1.67 bits per heavy atom. The number of hydrogen-bond acceptors (Lipinski definition) is 4. The molecule has 1 aromatic rings. The Morgan fingerprint density at radius 2 is 2.33 bits per heavy atom. The second-order valence-corrected chi connectivity index (χ2v) is 2.65. The number of aromatic hydroxyl groups is 1. The van der Waals surface area contributed by atoms with E-state index >= 15 is 0 Å². The molecule has 0 aliphatic heterocycles. The van der Waals surface area contributed by atoms with E-state index in [2.05, 4.69) is 4.74 Å². The largest absolute Gasteiger partial charge is 0.505 e. The van der Waals surface area contributed by atoms with Gasteiger partial charge in [-0.25, -0.2) is 9.18 Å². The molecule has 0 spiro atoms. The van der Waals surface area contributed by atoms with E-state index in [0.717, 1.165) is 12.1 Å². The van der Waals surface area contributed by atoms with E-state index in [1.807, 2.05) is 0 Å². The molecule has 0 aliphatic carbocycles. The van der Waals surface area contributed by atoms with Gasteiger partial charge >= 0.3 is 5.97 Å². The fourth-order valence-corrected chi connectivity index (χ4v) is 1.06. The summed E-state index contributed by atoms with van der Waals surface area (Å²) in [6.45, 7) is 1.63. The molecule has 0 aliphatic rings. The number of hydrogen-bond donors (Lipinski definition) is 1. The number of carbonyl (C=O) groups excluding carboxylic acids is 1. The van der Waals surface area contributed by atoms with Gasteiger partial charge in [-0.15, -0.1) is 0 Å². The van der Waals surface area contributed by atoms with Gasteiger partial charge in [0.1, 0.15) is 11.6 Å². The van der Waals surface area contributed by atoms with Gasteiger partial charge in [0.15, 0.2) is 11.6 Å². The van der Waals surface area contributed by atoms with Gasteiger partial charge in [-0.2, -0.15) is 5.26 Å². The second kappa shape index (κ2) is 4.42. The molecule has 0 unspecified atom stereocenters. The summed E-state index contributed by atoms with van der Waals surface area (Å²) < 4.78 is 17.9. The van der Waals surface area contributed by atoms with Crippen molar-refractivity contribution in [1.82, 2.24) is 0 Å². The molecule has 0 bridgehead atoms. The van der Waals surface area contributed by atoms with Gasteiger partial charge in [-0.3, -0.25) is 0 Å². The number of ether oxygens (including phenoxy) is 1. The standard InChI is InChI=1S/C10H8FNO3/c1-2-15-10(14)8-6(5-12)3-4-7(13)9(8)11/h3-4,13H,2H2,1H3. The maximum absolute atomic E-state index is 13.3. The van der Waals surface area contributed by atoms with Crippen LogP contribution in [0.2, 0.25) is 0 Å². The van der Waals surface area contributed by atoms with E-state index in [4.69, 9.17) is 10.4 Å². The van der Waals surface area contributed by atoms with Crippen LogP contribution < -0.4 is 0 Å². The zero-order chi connectivity index (χ0) is 11.4. The van der Waals surface area contributed by atoms with E-state index in [-0.39, 0.29) is 12.2 Å². The summed E-state index contributed by atoms with van der Waals surface area (Å²) in [5.41, 5.74) is -0.692. The highest BCUT2D eigenvalue weighted by molar-refractivity contribution is 5.93. The summed E-state index contributed by atoms with van der Waals surface area (Å²) in [5, 5.41) is 17.7. The maximum atomic E-state index is 13.3. The minimum atomic E-state index is -1.13. The first-order chi connectivity index (χ1) is 7.11. The number of benzene rings is 1. The number of nitriles is 1. The molecule has 0 amide bonds. The lowest BCUT2D eigenvalue weighted by molar-refractivity contribution is 0.0519. The number of esters is 1. The zero-order valence-electron chi connectivity index (χ0n) is 7.95. The predicted molar refractivity (Wildman–Crippen MR) is 48.7 cm³/mol. The molecule has 4 nitrogen and oxygen atoms in total. The van der Waals surface area contributed by atoms with Gasteiger partial charge < -0.3 is 9.84 Å². The molecule has 0 heterocycles. The lowest BCUT2D eigenvalue weighted by Crippen LogP contribution is -2.09. The Kier molecular flexibility index (Phi) is 3.24. The third-order valence-electron chi connectivity index (χ3n) is 1.72. The minimum absolute atomic E-state index is 0.0683. The Hall–Kier alpha value is -2.09. The Morgan fingerprint density at radius 3 is 2.87 bits per heavy atom. The number of nitrogens with zero attached hydrogens (tertiary/aromatic N) is 1. The van der Waals surface area contributed by atoms with E-state index in [0.29, 0.717) is 0 Å². The average Bonchev–Trinajstić information content (AvgIpc) is 2.22. The van der Waals surface area contributed by atoms with Crippen LogP contribution in [-0.4, -0.2) is 17.7 Å². The lowest BCUT2D eigenvalue weighted by Gasteiger charge is -2.05. The van der Waals surface area contributed by atoms with Crippen molar-refractivity contribution < 1.29 is 19.0 Å². The van der Waals surface area contributed by atoms with E-state index < -0.39 is 23.1 Å². The molecule has 1 rings (SSSR count). The highest BCUT2D eigenvalue weighted by atomic mass is 19.1. The molecular weight excluding hydrogens is 201 g/mol. The van der Waals surface area contributed by atoms with Crippen LogP contribution in [-0.2, 0) is 4.74 Å². The number of rotatable bonds is 2. The molecule has 0 atom stereocenters. The zero-order valence-corrected chi connectivity index (χ0v) is 7.95. The van der Waals surface area contributed by atoms with Crippen molar-refractivity contribution in [3.8, 4) is 11.8 Å². The van der Waals surface area contributed by atoms with Crippen LogP contribution in [0.1, 0.15) is 22.8 Å². The van der Waals surface area contributed by atoms with Crippen molar-refractivity contribution in [2.45, 2.75) is 6.92 Å². The first-order valence-corrected chi connectivity index (χ1v) is 4.20. The Bertz CT molecular complexity index is 437. The van der Waals surface area contributed by atoms with Gasteiger partial charge in [-0.05, 0) is 19.1 Å². The summed E-state index contributed by atoms with van der Waals surface area (Å²) in [5.74, 6) is -2.77. The number of carbonyl (C=O) groups is 1. The number of phenols is 1. The molecule has 0 saturated heterocycles. The van der Waals surface area contributed by atoms with Gasteiger partial charge in [0.05, 0.1) is 12.2 Å². The fraction of sp³-hybridized carbons (Fsp3) is 0.200. The number of halogens is 1. The Balaban J connectivity index is 3.31. The van der Waals surface area contributed by atoms with Crippen LogP contribution in [0.4, 0.5) is 4.39 Å². The fourth-order valence-electron chi connectivity index (χ4n) is 1.06. The highest BCUT2D eigenvalue weighted by Crippen LogP contribution is 2.23. The molecule has 78 valence electrons. The molecule has 1 aromatic carbocycles. The van der Waals surface area contributed by atoms with Crippen molar-refractivity contribution in [2.24, 2.45) is 0 Å². The van der Waals surface area contributed by atoms with E-state index in [9.17, 15) is 9.18 Å². The van der Waals surface area contributed by atoms with Crippen LogP contribution in [0.3, 0.4) is 0 Å². The summed E-state index contributed by atoms with van der Waals surface area (Å²) in [6, 6.07) is 3.82. The van der Waals surface area contributed by atoms with Crippen LogP contribution >= 0.6 is 0 Å². The molecule has 0 radical (unpaired) electrons. The molecule has 1 N–H and O–H groups in total. The van der Waals surface area contributed by atoms with Crippen molar-refractivity contribution in [2.75, 3.05) is 6.61 Å². The summed E-state index contributed by atoms with van der Waals surface area (Å²) >= 11 is 0. The maximum Gasteiger partial charge on any atom is 0.342 e. The third-order valence-corrected chi connectivity index (χ3v) is 1.72. The molecule has 15 heavy (non-hydrogen) atoms. The summed E-state index contributed by atoms with van der Waals surface area (Å²) in [6.07, 6.45) is 0. The normalized spacial score (nSPS) is 9.40. The van der Waals surface area contributed by atoms with Crippen LogP contribution in [0, 0.1) is 17.1 Å². The van der Waals surface area contributed by atoms with Gasteiger partial charge in [0, 0.05) is 0 Å². The van der Waals surface area contributed by atoms with Crippen LogP contribution in [0.5, 0.6) is 5.75 Å². The van der Waals surface area contributed by atoms with Crippen molar-refractivity contribution >= 4 is 5.97 Å². The molecule has 0 aromatic heterocycles. The molecule has 0 saturated carbocycles. The van der Waals surface area contributed by atoms with E-state index in [1.54, 1.807) is 13.0 Å². The SMILES string of the molecule is CCOC(=O)c1c(C#N)ccc(O)c1F. The van der Waals surface area contributed by atoms with Gasteiger partial charge in [0.25, 0.3) is 0 Å². The van der Waals surface area contributed by atoms with Crippen LogP contribution in [0.15, 0.2) is 12.1 Å². The topological polar surface area (TPSA) is 70.3 Å². The molecule has 0 fully saturated rings. The number of phenolic OH excluding ortho intramolecular Hbond substituents is 1. The summed E-state index contributed by atoms with van der Waals surface area (Å²) in [7, 11) is 0. The van der Waals surface area contributed by atoms with Crippen LogP contribution in [0.25, 0.3) is 0 Å². The predicted octanol–water partition coefficient (Wildman–Crippen LogP) is 1.58. The quantitative estimate of drug-likeness (QED) is 0.750. The molecule has 5 heteroatoms. The van der Waals surface area contributed by atoms with Gasteiger partial charge in [0.2, 0.25) is 0 Å². The summed E-state index contributed by atoms with van der Waals surface area (Å²) in [4.78, 5) is 11.3. The third kappa shape index (κ3) is 2.05. The first-order valence-electron chi connectivity index (χ1n) is 4.20. The first kappa shape index (κ1) is 11.0. The second-order valence-electron chi connectivity index (χ2n) is 2.65. The van der Waals surface area contributed by atoms with Crippen molar-refractivity contribution in [3.63, 3.8) is 0 Å². The lowest BCUT2D eigenvalue weighted by atomic mass is 10.1. The van der Waals surface area contributed by atoms with E-state index in [1.165, 1.54) is 0 Å². The highest BCUT2D eigenvalue weighted by Gasteiger charge is 2.20. The monoisotopic (exact) mass is 209 g/mol. The minimum Gasteiger partial charge on any atom is -0.505 e. The van der Waals surface area contributed by atoms with Crippen molar-refractivity contribution in [3.05, 3.63) is 29.1 Å². The van der Waals surface area contributed by atoms with Gasteiger partial charge in [-0.1, -0.05) is 0 Å². The Labute approximate surface area is 85.5 Å². The molecular formula is C10H8FNO3. The smallest absolute Gasteiger partial charge is 0.342 e. The average molecular weight is 209 g/mol. The van der Waals surface area contributed by atoms with Crippen molar-refractivity contribution in [1.29, 1.82) is 5.26 Å².